The predicted molar refractivity (Wildman–Crippen MR) is 66.0 cm³/mol. The van der Waals surface area contributed by atoms with Gasteiger partial charge < -0.3 is 0 Å². The molecule has 0 amide bonds. The summed E-state index contributed by atoms with van der Waals surface area (Å²) in [5.41, 5.74) is -0.364. The van der Waals surface area contributed by atoms with Crippen LogP contribution in [0.5, 0.6) is 0 Å². The molecule has 16 heavy (non-hydrogen) atoms. The third-order valence-corrected chi connectivity index (χ3v) is 3.21. The zero-order valence-corrected chi connectivity index (χ0v) is 10.5. The minimum atomic E-state index is -0.364. The molecule has 0 N–H and O–H groups in total. The molecule has 0 spiro atoms. The number of ketones is 1. The molecule has 1 fully saturated rings. The molecule has 0 heterocycles. The maximum atomic E-state index is 11.1. The van der Waals surface area contributed by atoms with E-state index in [1.54, 1.807) is 0 Å². The highest BCUT2D eigenvalue weighted by Crippen LogP contribution is 2.31. The maximum absolute atomic E-state index is 11.1. The number of Topliss-reactive ketones (excluding diaryl/α,β-unsaturated/α-hetero) is 1. The second-order valence-electron chi connectivity index (χ2n) is 3.85. The quantitative estimate of drug-likeness (QED) is 0.689. The van der Waals surface area contributed by atoms with E-state index < -0.39 is 0 Å². The molecule has 1 rings (SSSR count). The molecule has 0 aromatic carbocycles. The molecular formula is C13H22N2O. The first-order valence-electron chi connectivity index (χ1n) is 5.86. The summed E-state index contributed by atoms with van der Waals surface area (Å²) >= 11 is 0. The largest absolute Gasteiger partial charge is 0.300 e. The number of carbonyl (C=O) groups is 1. The fourth-order valence-corrected chi connectivity index (χ4v) is 2.27. The van der Waals surface area contributed by atoms with E-state index in [0.717, 1.165) is 13.1 Å². The highest BCUT2D eigenvalue weighted by Gasteiger charge is 2.38. The first kappa shape index (κ1) is 14.9. The molecule has 90 valence electrons. The highest BCUT2D eigenvalue weighted by molar-refractivity contribution is 5.79. The number of rotatable bonds is 3. The van der Waals surface area contributed by atoms with Crippen molar-refractivity contribution in [1.82, 2.24) is 4.90 Å². The monoisotopic (exact) mass is 222 g/mol. The van der Waals surface area contributed by atoms with E-state index in [-0.39, 0.29) is 5.54 Å². The van der Waals surface area contributed by atoms with Crippen LogP contribution in [0.2, 0.25) is 0 Å². The van der Waals surface area contributed by atoms with Gasteiger partial charge in [0.1, 0.15) is 11.3 Å². The summed E-state index contributed by atoms with van der Waals surface area (Å²) in [6.07, 6.45) is 2.57. The van der Waals surface area contributed by atoms with Crippen molar-refractivity contribution in [2.24, 2.45) is 0 Å². The lowest BCUT2D eigenvalue weighted by Crippen LogP contribution is -2.49. The van der Waals surface area contributed by atoms with Gasteiger partial charge in [-0.3, -0.25) is 9.69 Å². The fraction of sp³-hybridized carbons (Fsp3) is 0.692. The Balaban J connectivity index is 0.00000106. The Hall–Kier alpha value is -1.14. The van der Waals surface area contributed by atoms with E-state index in [1.807, 2.05) is 0 Å². The van der Waals surface area contributed by atoms with Gasteiger partial charge in [0, 0.05) is 12.8 Å². The molecule has 0 radical (unpaired) electrons. The summed E-state index contributed by atoms with van der Waals surface area (Å²) in [6, 6.07) is 2.41. The zero-order valence-electron chi connectivity index (χ0n) is 10.5. The molecule has 0 aromatic rings. The zero-order chi connectivity index (χ0) is 12.6. The second-order valence-corrected chi connectivity index (χ2v) is 3.85. The first-order chi connectivity index (χ1) is 7.68. The van der Waals surface area contributed by atoms with Crippen molar-refractivity contribution in [1.29, 1.82) is 5.26 Å². The van der Waals surface area contributed by atoms with Gasteiger partial charge in [-0.15, -0.1) is 13.2 Å². The Labute approximate surface area is 98.7 Å². The molecule has 0 unspecified atom stereocenters. The smallest absolute Gasteiger partial charge is 0.133 e. The Morgan fingerprint density at radius 1 is 1.31 bits per heavy atom. The van der Waals surface area contributed by atoms with Gasteiger partial charge in [0.15, 0.2) is 0 Å². The Morgan fingerprint density at radius 3 is 2.06 bits per heavy atom. The van der Waals surface area contributed by atoms with Gasteiger partial charge >= 0.3 is 0 Å². The van der Waals surface area contributed by atoms with Gasteiger partial charge in [0.05, 0.1) is 6.07 Å². The summed E-state index contributed by atoms with van der Waals surface area (Å²) < 4.78 is 0. The van der Waals surface area contributed by atoms with E-state index in [2.05, 4.69) is 38.0 Å². The van der Waals surface area contributed by atoms with Crippen molar-refractivity contribution in [3.8, 4) is 6.07 Å². The van der Waals surface area contributed by atoms with Crippen LogP contribution in [0, 0.1) is 11.3 Å². The predicted octanol–water partition coefficient (Wildman–Crippen LogP) is 2.54. The van der Waals surface area contributed by atoms with Gasteiger partial charge in [-0.05, 0) is 25.9 Å². The standard InChI is InChI=1S/C11H18N2O.C2H4/c1-3-13(4-2)11(9-12)7-5-10(14)6-8-11;1-2/h3-8H2,1-2H3;1-2H2. The summed E-state index contributed by atoms with van der Waals surface area (Å²) in [5, 5.41) is 9.26. The number of nitriles is 1. The van der Waals surface area contributed by atoms with Gasteiger partial charge in [-0.2, -0.15) is 5.26 Å². The van der Waals surface area contributed by atoms with E-state index in [1.165, 1.54) is 0 Å². The minimum Gasteiger partial charge on any atom is -0.300 e. The van der Waals surface area contributed by atoms with Crippen molar-refractivity contribution < 1.29 is 4.79 Å². The van der Waals surface area contributed by atoms with Gasteiger partial charge in [0.25, 0.3) is 0 Å². The van der Waals surface area contributed by atoms with Crippen molar-refractivity contribution in [3.05, 3.63) is 13.2 Å². The van der Waals surface area contributed by atoms with Gasteiger partial charge in [-0.1, -0.05) is 13.8 Å². The third-order valence-electron chi connectivity index (χ3n) is 3.21. The van der Waals surface area contributed by atoms with E-state index in [0.29, 0.717) is 31.5 Å². The van der Waals surface area contributed by atoms with Crippen LogP contribution in [0.15, 0.2) is 13.2 Å². The van der Waals surface area contributed by atoms with Gasteiger partial charge in [-0.25, -0.2) is 0 Å². The SMILES string of the molecule is C=C.CCN(CC)C1(C#N)CCC(=O)CC1. The van der Waals surface area contributed by atoms with Gasteiger partial charge in [0.2, 0.25) is 0 Å². The molecule has 3 nitrogen and oxygen atoms in total. The second kappa shape index (κ2) is 7.19. The number of hydrogen-bond acceptors (Lipinski definition) is 3. The summed E-state index contributed by atoms with van der Waals surface area (Å²) in [5.74, 6) is 0.308. The first-order valence-corrected chi connectivity index (χ1v) is 5.86. The molecule has 0 atom stereocenters. The van der Waals surface area contributed by atoms with E-state index in [9.17, 15) is 10.1 Å². The van der Waals surface area contributed by atoms with Crippen LogP contribution in [0.25, 0.3) is 0 Å². The van der Waals surface area contributed by atoms with Crippen LogP contribution < -0.4 is 0 Å². The number of hydrogen-bond donors (Lipinski definition) is 0. The molecule has 1 aliphatic carbocycles. The lowest BCUT2D eigenvalue weighted by Gasteiger charge is -2.39. The van der Waals surface area contributed by atoms with Crippen LogP contribution >= 0.6 is 0 Å². The maximum Gasteiger partial charge on any atom is 0.133 e. The minimum absolute atomic E-state index is 0.308. The van der Waals surface area contributed by atoms with Crippen molar-refractivity contribution in [2.75, 3.05) is 13.1 Å². The average Bonchev–Trinajstić information content (AvgIpc) is 2.36. The molecule has 0 bridgehead atoms. The Morgan fingerprint density at radius 2 is 1.75 bits per heavy atom. The Kier molecular flexibility index (Phi) is 6.67. The van der Waals surface area contributed by atoms with Crippen LogP contribution in [-0.4, -0.2) is 29.3 Å². The number of nitrogens with zero attached hydrogens (tertiary/aromatic N) is 2. The molecule has 3 heteroatoms. The molecule has 0 aromatic heterocycles. The average molecular weight is 222 g/mol. The van der Waals surface area contributed by atoms with Crippen molar-refractivity contribution >= 4 is 5.78 Å². The number of carbonyl (C=O) groups excluding carboxylic acids is 1. The molecule has 0 aliphatic heterocycles. The lowest BCUT2D eigenvalue weighted by molar-refractivity contribution is -0.122. The van der Waals surface area contributed by atoms with Crippen molar-refractivity contribution in [3.63, 3.8) is 0 Å². The van der Waals surface area contributed by atoms with Crippen LogP contribution in [0.3, 0.4) is 0 Å². The van der Waals surface area contributed by atoms with E-state index in [4.69, 9.17) is 0 Å². The van der Waals surface area contributed by atoms with E-state index >= 15 is 0 Å². The summed E-state index contributed by atoms with van der Waals surface area (Å²) in [6.45, 7) is 11.9. The van der Waals surface area contributed by atoms with Crippen LogP contribution in [0.4, 0.5) is 0 Å². The molecular weight excluding hydrogens is 200 g/mol. The molecule has 0 saturated heterocycles. The highest BCUT2D eigenvalue weighted by atomic mass is 16.1. The summed E-state index contributed by atoms with van der Waals surface area (Å²) in [7, 11) is 0. The lowest BCUT2D eigenvalue weighted by atomic mass is 9.81. The van der Waals surface area contributed by atoms with Crippen LogP contribution in [0.1, 0.15) is 39.5 Å². The normalized spacial score (nSPS) is 18.5. The fourth-order valence-electron chi connectivity index (χ4n) is 2.27. The molecule has 1 aliphatic rings. The Bertz CT molecular complexity index is 254. The summed E-state index contributed by atoms with van der Waals surface area (Å²) in [4.78, 5) is 13.3. The molecule has 1 saturated carbocycles. The topological polar surface area (TPSA) is 44.1 Å². The van der Waals surface area contributed by atoms with Crippen molar-refractivity contribution in [2.45, 2.75) is 45.1 Å². The third kappa shape index (κ3) is 3.18. The van der Waals surface area contributed by atoms with Crippen LogP contribution in [-0.2, 0) is 4.79 Å².